The molecule has 2 heteroatoms. The molecular weight excluding hydrogens is 258 g/mol. The molecule has 0 aliphatic heterocycles. The molecule has 1 aliphatic carbocycles. The molecule has 1 aromatic rings. The molecule has 0 spiro atoms. The summed E-state index contributed by atoms with van der Waals surface area (Å²) in [7, 11) is 0. The molecule has 0 bridgehead atoms. The smallest absolute Gasteiger partial charge is 0.122 e. The minimum atomic E-state index is 0.604. The summed E-state index contributed by atoms with van der Waals surface area (Å²) in [6, 6.07) is 9.29. The van der Waals surface area contributed by atoms with Gasteiger partial charge in [-0.05, 0) is 43.9 Å². The van der Waals surface area contributed by atoms with Gasteiger partial charge >= 0.3 is 0 Å². The molecule has 1 fully saturated rings. The second-order valence-corrected chi connectivity index (χ2v) is 6.19. The summed E-state index contributed by atoms with van der Waals surface area (Å²) in [6.45, 7) is 6.35. The van der Waals surface area contributed by atoms with E-state index in [1.165, 1.54) is 44.1 Å². The van der Waals surface area contributed by atoms with E-state index >= 15 is 0 Å². The van der Waals surface area contributed by atoms with Gasteiger partial charge in [-0.3, -0.25) is 0 Å². The quantitative estimate of drug-likeness (QED) is 0.721. The first-order valence-corrected chi connectivity index (χ1v) is 8.82. The third kappa shape index (κ3) is 4.74. The maximum Gasteiger partial charge on any atom is 0.122 e. The van der Waals surface area contributed by atoms with Crippen molar-refractivity contribution < 1.29 is 4.74 Å². The third-order valence-electron chi connectivity index (χ3n) is 4.45. The minimum Gasteiger partial charge on any atom is -0.493 e. The topological polar surface area (TPSA) is 21.3 Å². The largest absolute Gasteiger partial charge is 0.493 e. The SMILES string of the molecule is CCCNC1CCCCCC1c1ccccc1OCCC. The summed E-state index contributed by atoms with van der Waals surface area (Å²) in [6.07, 6.45) is 8.93. The third-order valence-corrected chi connectivity index (χ3v) is 4.45. The highest BCUT2D eigenvalue weighted by Crippen LogP contribution is 2.36. The summed E-state index contributed by atoms with van der Waals surface area (Å²) in [5.74, 6) is 1.71. The second-order valence-electron chi connectivity index (χ2n) is 6.19. The van der Waals surface area contributed by atoms with Crippen molar-refractivity contribution in [2.75, 3.05) is 13.2 Å². The zero-order valence-corrected chi connectivity index (χ0v) is 13.7. The van der Waals surface area contributed by atoms with Crippen LogP contribution in [0.3, 0.4) is 0 Å². The summed E-state index contributed by atoms with van der Waals surface area (Å²) in [4.78, 5) is 0. The van der Waals surface area contributed by atoms with E-state index in [-0.39, 0.29) is 0 Å². The van der Waals surface area contributed by atoms with Crippen LogP contribution in [0.25, 0.3) is 0 Å². The van der Waals surface area contributed by atoms with Gasteiger partial charge in [-0.25, -0.2) is 0 Å². The molecule has 1 saturated carbocycles. The van der Waals surface area contributed by atoms with Crippen LogP contribution in [0.5, 0.6) is 5.75 Å². The number of para-hydroxylation sites is 1. The van der Waals surface area contributed by atoms with Crippen LogP contribution in [0.2, 0.25) is 0 Å². The standard InChI is InChI=1S/C19H31NO/c1-3-14-20-18-12-7-5-6-10-16(18)17-11-8-9-13-19(17)21-15-4-2/h8-9,11,13,16,18,20H,3-7,10,12,14-15H2,1-2H3. The van der Waals surface area contributed by atoms with Gasteiger partial charge in [0.1, 0.15) is 5.75 Å². The Balaban J connectivity index is 2.18. The molecule has 1 aromatic carbocycles. The van der Waals surface area contributed by atoms with Gasteiger partial charge in [0.15, 0.2) is 0 Å². The summed E-state index contributed by atoms with van der Waals surface area (Å²) in [5, 5.41) is 3.79. The Morgan fingerprint density at radius 1 is 1.05 bits per heavy atom. The lowest BCUT2D eigenvalue weighted by molar-refractivity contribution is 0.306. The Morgan fingerprint density at radius 3 is 2.67 bits per heavy atom. The molecule has 2 atom stereocenters. The highest BCUT2D eigenvalue weighted by molar-refractivity contribution is 5.37. The zero-order chi connectivity index (χ0) is 14.9. The molecule has 0 heterocycles. The number of ether oxygens (including phenoxy) is 1. The highest BCUT2D eigenvalue weighted by atomic mass is 16.5. The predicted octanol–water partition coefficient (Wildman–Crippen LogP) is 4.89. The monoisotopic (exact) mass is 289 g/mol. The number of rotatable bonds is 7. The van der Waals surface area contributed by atoms with Crippen molar-refractivity contribution >= 4 is 0 Å². The van der Waals surface area contributed by atoms with E-state index < -0.39 is 0 Å². The predicted molar refractivity (Wildman–Crippen MR) is 90.1 cm³/mol. The summed E-state index contributed by atoms with van der Waals surface area (Å²) in [5.41, 5.74) is 1.42. The lowest BCUT2D eigenvalue weighted by Crippen LogP contribution is -2.35. The average Bonchev–Trinajstić information content (AvgIpc) is 2.76. The van der Waals surface area contributed by atoms with Crippen LogP contribution >= 0.6 is 0 Å². The molecule has 0 saturated heterocycles. The van der Waals surface area contributed by atoms with Gasteiger partial charge in [0.2, 0.25) is 0 Å². The van der Waals surface area contributed by atoms with Crippen LogP contribution in [-0.2, 0) is 0 Å². The Bertz CT molecular complexity index is 404. The van der Waals surface area contributed by atoms with E-state index in [9.17, 15) is 0 Å². The van der Waals surface area contributed by atoms with Gasteiger partial charge in [-0.1, -0.05) is 51.3 Å². The number of hydrogen-bond donors (Lipinski definition) is 1. The number of hydrogen-bond acceptors (Lipinski definition) is 2. The molecule has 2 nitrogen and oxygen atoms in total. The van der Waals surface area contributed by atoms with Gasteiger partial charge in [-0.15, -0.1) is 0 Å². The van der Waals surface area contributed by atoms with Crippen molar-refractivity contribution in [3.63, 3.8) is 0 Å². The lowest BCUT2D eigenvalue weighted by atomic mass is 9.87. The van der Waals surface area contributed by atoms with Gasteiger partial charge in [0, 0.05) is 12.0 Å². The molecule has 2 rings (SSSR count). The molecule has 0 amide bonds. The Labute approximate surface area is 130 Å². The first-order chi connectivity index (χ1) is 10.4. The van der Waals surface area contributed by atoms with Crippen LogP contribution in [0.4, 0.5) is 0 Å². The molecular formula is C19H31NO. The highest BCUT2D eigenvalue weighted by Gasteiger charge is 2.26. The van der Waals surface area contributed by atoms with Crippen LogP contribution in [-0.4, -0.2) is 19.2 Å². The fourth-order valence-electron chi connectivity index (χ4n) is 3.38. The van der Waals surface area contributed by atoms with E-state index in [2.05, 4.69) is 43.4 Å². The summed E-state index contributed by atoms with van der Waals surface area (Å²) >= 11 is 0. The van der Waals surface area contributed by atoms with Crippen LogP contribution in [0.15, 0.2) is 24.3 Å². The molecule has 21 heavy (non-hydrogen) atoms. The fourth-order valence-corrected chi connectivity index (χ4v) is 3.38. The van der Waals surface area contributed by atoms with E-state index in [0.717, 1.165) is 25.3 Å². The fraction of sp³-hybridized carbons (Fsp3) is 0.684. The van der Waals surface area contributed by atoms with Crippen molar-refractivity contribution in [2.45, 2.75) is 70.8 Å². The van der Waals surface area contributed by atoms with Crippen LogP contribution in [0.1, 0.15) is 70.3 Å². The first kappa shape index (κ1) is 16.4. The molecule has 1 N–H and O–H groups in total. The first-order valence-electron chi connectivity index (χ1n) is 8.82. The Kier molecular flexibility index (Phi) is 7.08. The van der Waals surface area contributed by atoms with Gasteiger partial charge < -0.3 is 10.1 Å². The molecule has 0 radical (unpaired) electrons. The minimum absolute atomic E-state index is 0.604. The average molecular weight is 289 g/mol. The Morgan fingerprint density at radius 2 is 1.86 bits per heavy atom. The van der Waals surface area contributed by atoms with Gasteiger partial charge in [0.05, 0.1) is 6.61 Å². The van der Waals surface area contributed by atoms with Gasteiger partial charge in [0.25, 0.3) is 0 Å². The molecule has 118 valence electrons. The maximum atomic E-state index is 6.01. The maximum absolute atomic E-state index is 6.01. The van der Waals surface area contributed by atoms with Crippen molar-refractivity contribution in [3.05, 3.63) is 29.8 Å². The Hall–Kier alpha value is -1.02. The second kappa shape index (κ2) is 9.09. The van der Waals surface area contributed by atoms with Crippen LogP contribution in [0, 0.1) is 0 Å². The van der Waals surface area contributed by atoms with E-state index in [4.69, 9.17) is 4.74 Å². The van der Waals surface area contributed by atoms with E-state index in [1.54, 1.807) is 0 Å². The van der Waals surface area contributed by atoms with Gasteiger partial charge in [-0.2, -0.15) is 0 Å². The molecule has 2 unspecified atom stereocenters. The van der Waals surface area contributed by atoms with E-state index in [1.807, 2.05) is 0 Å². The number of benzene rings is 1. The van der Waals surface area contributed by atoms with Crippen LogP contribution < -0.4 is 10.1 Å². The normalized spacial score (nSPS) is 22.8. The van der Waals surface area contributed by atoms with Crippen molar-refractivity contribution in [2.24, 2.45) is 0 Å². The van der Waals surface area contributed by atoms with Crippen molar-refractivity contribution in [1.29, 1.82) is 0 Å². The zero-order valence-electron chi connectivity index (χ0n) is 13.7. The van der Waals surface area contributed by atoms with Crippen molar-refractivity contribution in [1.82, 2.24) is 5.32 Å². The lowest BCUT2D eigenvalue weighted by Gasteiger charge is -2.28. The summed E-state index contributed by atoms with van der Waals surface area (Å²) < 4.78 is 6.01. The number of nitrogens with one attached hydrogen (secondary N) is 1. The molecule has 0 aromatic heterocycles. The van der Waals surface area contributed by atoms with E-state index in [0.29, 0.717) is 12.0 Å². The molecule has 1 aliphatic rings. The van der Waals surface area contributed by atoms with Crippen molar-refractivity contribution in [3.8, 4) is 5.75 Å².